The molecule has 130 valence electrons. The molecule has 0 saturated carbocycles. The zero-order valence-electron chi connectivity index (χ0n) is 9.04. The zero-order valence-corrected chi connectivity index (χ0v) is 15.6. The summed E-state index contributed by atoms with van der Waals surface area (Å²) in [5.41, 5.74) is 0. The largest absolute Gasteiger partial charge is 4.00 e. The smallest absolute Gasteiger partial charge is 0.756 e. The van der Waals surface area contributed by atoms with Gasteiger partial charge in [0.05, 0.1) is 0 Å². The summed E-state index contributed by atoms with van der Waals surface area (Å²) < 4.78 is 35.1. The molecule has 0 unspecified atom stereocenters. The molecule has 21 heavy (non-hydrogen) atoms. The van der Waals surface area contributed by atoms with E-state index in [0.717, 1.165) is 0 Å². The molecule has 0 fully saturated rings. The van der Waals surface area contributed by atoms with Crippen LogP contribution in [0.1, 0.15) is 0 Å². The van der Waals surface area contributed by atoms with E-state index >= 15 is 0 Å². The second kappa shape index (κ2) is 13.6. The third kappa shape index (κ3) is 6070. The molecule has 0 saturated heterocycles. The summed E-state index contributed by atoms with van der Waals surface area (Å²) in [6.45, 7) is 0. The summed E-state index contributed by atoms with van der Waals surface area (Å²) in [4.78, 5) is 91.7. The van der Waals surface area contributed by atoms with Gasteiger partial charge >= 0.3 is 21.1 Å². The maximum atomic E-state index is 8.77. The van der Waals surface area contributed by atoms with Gasteiger partial charge < -0.3 is 58.7 Å². The molecule has 0 aromatic rings. The van der Waals surface area contributed by atoms with Gasteiger partial charge in [-0.2, -0.15) is 0 Å². The fourth-order valence-corrected chi connectivity index (χ4v) is 0. The molecule has 16 nitrogen and oxygen atoms in total. The van der Waals surface area contributed by atoms with Gasteiger partial charge in [-0.15, -0.1) is 0 Å². The summed E-state index contributed by atoms with van der Waals surface area (Å²) in [7, 11) is -19.6. The van der Waals surface area contributed by atoms with Crippen LogP contribution in [-0.4, -0.2) is 39.1 Å². The Morgan fingerprint density at radius 2 is 0.429 bits per heavy atom. The van der Waals surface area contributed by atoms with E-state index in [1.165, 1.54) is 0 Å². The van der Waals surface area contributed by atoms with Crippen molar-refractivity contribution in [2.24, 2.45) is 0 Å². The van der Waals surface area contributed by atoms with Crippen molar-refractivity contribution in [1.29, 1.82) is 0 Å². The molecule has 0 aliphatic carbocycles. The van der Waals surface area contributed by atoms with E-state index in [1.807, 2.05) is 0 Å². The Labute approximate surface area is 130 Å². The van der Waals surface area contributed by atoms with E-state index in [2.05, 4.69) is 0 Å². The molecule has 0 bridgehead atoms. The fraction of sp³-hybridized carbons (Fsp3) is 0. The average molecular weight is 572 g/mol. The van der Waals surface area contributed by atoms with Crippen molar-refractivity contribution in [2.45, 2.75) is 0 Å². The number of phosphoric acid groups is 4. The van der Waals surface area contributed by atoms with Gasteiger partial charge in [0.15, 0.2) is 0 Å². The Morgan fingerprint density at radius 3 is 0.429 bits per heavy atom. The Balaban J connectivity index is -0.0000000533. The quantitative estimate of drug-likeness (QED) is 0.125. The maximum Gasteiger partial charge on any atom is 4.00 e. The van der Waals surface area contributed by atoms with Crippen molar-refractivity contribution in [1.82, 2.24) is 0 Å². The number of hydrogen-bond acceptors (Lipinski definition) is 8. The van der Waals surface area contributed by atoms with Crippen LogP contribution in [0.3, 0.4) is 0 Å². The van der Waals surface area contributed by atoms with Gasteiger partial charge in [0, 0.05) is 0 Å². The molecular formula is H8O16P4W. The van der Waals surface area contributed by atoms with Crippen LogP contribution < -0.4 is 19.6 Å². The number of hydrogen-bond donors (Lipinski definition) is 8. The minimum atomic E-state index is -4.89. The van der Waals surface area contributed by atoms with Crippen LogP contribution in [0.2, 0.25) is 0 Å². The predicted octanol–water partition coefficient (Wildman–Crippen LogP) is -6.24. The molecule has 0 aromatic carbocycles. The first-order chi connectivity index (χ1) is 8.00. The summed E-state index contributed by atoms with van der Waals surface area (Å²) in [6.07, 6.45) is 0. The molecule has 0 radical (unpaired) electrons. The molecule has 0 spiro atoms. The van der Waals surface area contributed by atoms with E-state index in [9.17, 15) is 0 Å². The van der Waals surface area contributed by atoms with Crippen molar-refractivity contribution in [2.75, 3.05) is 0 Å². The zero-order chi connectivity index (χ0) is 18.0. The van der Waals surface area contributed by atoms with E-state index in [-0.39, 0.29) is 21.1 Å². The van der Waals surface area contributed by atoms with Crippen molar-refractivity contribution in [3.63, 3.8) is 0 Å². The molecule has 0 aromatic heterocycles. The normalized spacial score (nSPS) is 11.2. The summed E-state index contributed by atoms with van der Waals surface area (Å²) in [5.74, 6) is 0. The van der Waals surface area contributed by atoms with E-state index in [0.29, 0.717) is 0 Å². The Morgan fingerprint density at radius 1 is 0.429 bits per heavy atom. The van der Waals surface area contributed by atoms with Crippen molar-refractivity contribution in [3.05, 3.63) is 0 Å². The molecule has 0 aliphatic rings. The number of rotatable bonds is 0. The van der Waals surface area contributed by atoms with Gasteiger partial charge in [0.2, 0.25) is 0 Å². The average Bonchev–Trinajstić information content (AvgIpc) is 1.62. The Hall–Kier alpha value is 1.13. The molecule has 0 aliphatic heterocycles. The first kappa shape index (κ1) is 33.7. The SMILES string of the molecule is O=P([O-])(O)O.O=P([O-])(O)O.O=P([O-])(O)O.O=P([O-])(O)O.[W+4]. The van der Waals surface area contributed by atoms with E-state index in [4.69, 9.17) is 77.0 Å². The molecule has 0 rings (SSSR count). The Kier molecular flexibility index (Phi) is 21.7. The van der Waals surface area contributed by atoms with Crippen molar-refractivity contribution >= 4 is 31.3 Å². The molecule has 8 N–H and O–H groups in total. The molecular weight excluding hydrogens is 564 g/mol. The summed E-state index contributed by atoms with van der Waals surface area (Å²) in [5, 5.41) is 0. The summed E-state index contributed by atoms with van der Waals surface area (Å²) in [6, 6.07) is 0. The van der Waals surface area contributed by atoms with Gasteiger partial charge in [0.25, 0.3) is 31.3 Å². The maximum absolute atomic E-state index is 8.77. The van der Waals surface area contributed by atoms with Crippen LogP contribution in [0.25, 0.3) is 0 Å². The summed E-state index contributed by atoms with van der Waals surface area (Å²) >= 11 is 0. The van der Waals surface area contributed by atoms with E-state index < -0.39 is 31.3 Å². The van der Waals surface area contributed by atoms with Crippen molar-refractivity contribution < 1.29 is 98.0 Å². The van der Waals surface area contributed by atoms with Gasteiger partial charge in [0.1, 0.15) is 0 Å². The second-order valence-corrected chi connectivity index (χ2v) is 5.89. The molecule has 21 heteroatoms. The monoisotopic (exact) mass is 572 g/mol. The fourth-order valence-electron chi connectivity index (χ4n) is 0. The van der Waals surface area contributed by atoms with Crippen LogP contribution in [0.15, 0.2) is 0 Å². The Bertz CT molecular complexity index is 285. The van der Waals surface area contributed by atoms with Gasteiger partial charge in [-0.25, -0.2) is 0 Å². The molecule has 0 atom stereocenters. The van der Waals surface area contributed by atoms with Crippen LogP contribution >= 0.6 is 31.3 Å². The second-order valence-electron chi connectivity index (χ2n) is 1.96. The third-order valence-electron chi connectivity index (χ3n) is 0. The third-order valence-corrected chi connectivity index (χ3v) is 0. The van der Waals surface area contributed by atoms with Crippen molar-refractivity contribution in [3.8, 4) is 0 Å². The van der Waals surface area contributed by atoms with Crippen LogP contribution in [0, 0.1) is 0 Å². The first-order valence-electron chi connectivity index (χ1n) is 3.06. The minimum Gasteiger partial charge on any atom is -0.756 e. The van der Waals surface area contributed by atoms with Crippen LogP contribution in [0.4, 0.5) is 0 Å². The van der Waals surface area contributed by atoms with Gasteiger partial charge in [-0.05, 0) is 0 Å². The predicted molar refractivity (Wildman–Crippen MR) is 48.2 cm³/mol. The molecule has 0 heterocycles. The topological polar surface area (TPSA) is 322 Å². The van der Waals surface area contributed by atoms with E-state index in [1.54, 1.807) is 0 Å². The minimum absolute atomic E-state index is 0. The molecule has 0 amide bonds. The van der Waals surface area contributed by atoms with Gasteiger partial charge in [-0.3, -0.25) is 18.3 Å². The van der Waals surface area contributed by atoms with Crippen LogP contribution in [-0.2, 0) is 39.3 Å². The first-order valence-corrected chi connectivity index (χ1v) is 9.18. The van der Waals surface area contributed by atoms with Gasteiger partial charge in [-0.1, -0.05) is 0 Å². The standard InChI is InChI=1S/4H3O4P.W/c4*1-5(2,3)4;/h4*(H3,1,2,3,4);/q;;;;+4/p-4. The van der Waals surface area contributed by atoms with Crippen LogP contribution in [0.5, 0.6) is 0 Å².